The smallest absolute Gasteiger partial charge is 0.246 e. The second-order valence-corrected chi connectivity index (χ2v) is 6.09. The molecule has 1 aliphatic rings. The highest BCUT2D eigenvalue weighted by molar-refractivity contribution is 5.77. The van der Waals surface area contributed by atoms with E-state index in [1.807, 2.05) is 29.2 Å². The number of hydrogen-bond acceptors (Lipinski definition) is 4. The van der Waals surface area contributed by atoms with Gasteiger partial charge in [0.1, 0.15) is 17.6 Å². The van der Waals surface area contributed by atoms with Gasteiger partial charge in [0, 0.05) is 26.3 Å². The summed E-state index contributed by atoms with van der Waals surface area (Å²) in [6.07, 6.45) is 5.37. The molecule has 0 N–H and O–H groups in total. The van der Waals surface area contributed by atoms with Gasteiger partial charge in [0.05, 0.1) is 0 Å². The Labute approximate surface area is 136 Å². The molecule has 1 amide bonds. The monoisotopic (exact) mass is 316 g/mol. The number of methoxy groups -OCH3 is 1. The van der Waals surface area contributed by atoms with Gasteiger partial charge >= 0.3 is 0 Å². The molecule has 6 heteroatoms. The number of rotatable bonds is 6. The highest BCUT2D eigenvalue weighted by Crippen LogP contribution is 2.21. The van der Waals surface area contributed by atoms with Crippen molar-refractivity contribution in [3.8, 4) is 0 Å². The zero-order valence-corrected chi connectivity index (χ0v) is 13.6. The maximum Gasteiger partial charge on any atom is 0.246 e. The molecule has 0 bridgehead atoms. The van der Waals surface area contributed by atoms with Gasteiger partial charge in [-0.05, 0) is 44.2 Å². The lowest BCUT2D eigenvalue weighted by molar-refractivity contribution is -0.136. The van der Waals surface area contributed by atoms with Crippen molar-refractivity contribution in [3.05, 3.63) is 24.3 Å². The Morgan fingerprint density at radius 2 is 2.00 bits per heavy atom. The summed E-state index contributed by atoms with van der Waals surface area (Å²) >= 11 is 0. The number of aromatic nitrogens is 3. The third-order valence-corrected chi connectivity index (χ3v) is 4.44. The number of fused-ring (bicyclic) bond motifs is 1. The van der Waals surface area contributed by atoms with Gasteiger partial charge in [-0.2, -0.15) is 15.0 Å². The SMILES string of the molecule is COCCCC1CCCCN1C(=O)Cn1nc2ccccc2n1. The van der Waals surface area contributed by atoms with Crippen LogP contribution in [0, 0.1) is 0 Å². The van der Waals surface area contributed by atoms with E-state index < -0.39 is 0 Å². The minimum Gasteiger partial charge on any atom is -0.385 e. The van der Waals surface area contributed by atoms with Crippen LogP contribution in [0.4, 0.5) is 0 Å². The van der Waals surface area contributed by atoms with E-state index in [-0.39, 0.29) is 12.5 Å². The molecule has 1 aromatic heterocycles. The molecule has 1 aromatic carbocycles. The van der Waals surface area contributed by atoms with Crippen molar-refractivity contribution in [1.29, 1.82) is 0 Å². The van der Waals surface area contributed by atoms with E-state index in [9.17, 15) is 4.79 Å². The van der Waals surface area contributed by atoms with Gasteiger partial charge in [-0.1, -0.05) is 12.1 Å². The maximum atomic E-state index is 12.7. The van der Waals surface area contributed by atoms with E-state index in [4.69, 9.17) is 4.74 Å². The number of carbonyl (C=O) groups is 1. The number of ether oxygens (including phenoxy) is 1. The summed E-state index contributed by atoms with van der Waals surface area (Å²) in [5.74, 6) is 0.118. The standard InChI is InChI=1S/C17H24N4O2/c1-23-12-6-8-14-7-4-5-11-20(14)17(22)13-21-18-15-9-2-3-10-16(15)19-21/h2-3,9-10,14H,4-8,11-13H2,1H3. The van der Waals surface area contributed by atoms with E-state index >= 15 is 0 Å². The van der Waals surface area contributed by atoms with Crippen molar-refractivity contribution >= 4 is 16.9 Å². The van der Waals surface area contributed by atoms with Crippen LogP contribution in [0.1, 0.15) is 32.1 Å². The predicted octanol–water partition coefficient (Wildman–Crippen LogP) is 2.24. The van der Waals surface area contributed by atoms with Gasteiger partial charge in [-0.15, -0.1) is 0 Å². The average molecular weight is 316 g/mol. The first kappa shape index (κ1) is 15.9. The molecule has 1 unspecified atom stereocenters. The van der Waals surface area contributed by atoms with Gasteiger partial charge in [-0.3, -0.25) is 4.79 Å². The van der Waals surface area contributed by atoms with Crippen LogP contribution in [0.25, 0.3) is 11.0 Å². The second-order valence-electron chi connectivity index (χ2n) is 6.09. The molecule has 0 radical (unpaired) electrons. The quantitative estimate of drug-likeness (QED) is 0.767. The van der Waals surface area contributed by atoms with Crippen LogP contribution < -0.4 is 0 Å². The van der Waals surface area contributed by atoms with E-state index in [1.165, 1.54) is 11.2 Å². The molecule has 1 aliphatic heterocycles. The van der Waals surface area contributed by atoms with Crippen molar-refractivity contribution in [2.45, 2.75) is 44.7 Å². The number of nitrogens with zero attached hydrogens (tertiary/aromatic N) is 4. The fourth-order valence-corrected chi connectivity index (χ4v) is 3.28. The van der Waals surface area contributed by atoms with E-state index in [1.54, 1.807) is 7.11 Å². The number of hydrogen-bond donors (Lipinski definition) is 0. The number of carbonyl (C=O) groups excluding carboxylic acids is 1. The summed E-state index contributed by atoms with van der Waals surface area (Å²) in [5.41, 5.74) is 1.66. The molecule has 6 nitrogen and oxygen atoms in total. The Hall–Kier alpha value is -1.95. The molecule has 0 spiro atoms. The zero-order valence-electron chi connectivity index (χ0n) is 13.6. The van der Waals surface area contributed by atoms with Gasteiger partial charge in [0.15, 0.2) is 0 Å². The highest BCUT2D eigenvalue weighted by Gasteiger charge is 2.26. The molecule has 0 aliphatic carbocycles. The molecule has 23 heavy (non-hydrogen) atoms. The number of amides is 1. The van der Waals surface area contributed by atoms with E-state index in [0.717, 1.165) is 49.9 Å². The van der Waals surface area contributed by atoms with Crippen LogP contribution in [0.15, 0.2) is 24.3 Å². The summed E-state index contributed by atoms with van der Waals surface area (Å²) < 4.78 is 5.13. The average Bonchev–Trinajstić information content (AvgIpc) is 2.97. The first-order chi connectivity index (χ1) is 11.3. The lowest BCUT2D eigenvalue weighted by Crippen LogP contribution is -2.45. The normalized spacial score (nSPS) is 18.5. The zero-order chi connectivity index (χ0) is 16.1. The minimum absolute atomic E-state index is 0.118. The van der Waals surface area contributed by atoms with Crippen LogP contribution in [-0.2, 0) is 16.1 Å². The minimum atomic E-state index is 0.118. The van der Waals surface area contributed by atoms with Crippen LogP contribution >= 0.6 is 0 Å². The molecule has 2 heterocycles. The van der Waals surface area contributed by atoms with E-state index in [2.05, 4.69) is 10.2 Å². The molecule has 1 saturated heterocycles. The number of piperidine rings is 1. The Bertz CT molecular complexity index is 622. The summed E-state index contributed by atoms with van der Waals surface area (Å²) in [6.45, 7) is 1.82. The Balaban J connectivity index is 1.65. The van der Waals surface area contributed by atoms with Crippen LogP contribution in [-0.4, -0.2) is 52.1 Å². The van der Waals surface area contributed by atoms with E-state index in [0.29, 0.717) is 6.04 Å². The van der Waals surface area contributed by atoms with Crippen molar-refractivity contribution in [2.24, 2.45) is 0 Å². The van der Waals surface area contributed by atoms with Crippen molar-refractivity contribution < 1.29 is 9.53 Å². The number of benzene rings is 1. The molecule has 124 valence electrons. The lowest BCUT2D eigenvalue weighted by atomic mass is 9.98. The number of likely N-dealkylation sites (tertiary alicyclic amines) is 1. The Morgan fingerprint density at radius 3 is 2.70 bits per heavy atom. The first-order valence-corrected chi connectivity index (χ1v) is 8.36. The van der Waals surface area contributed by atoms with Crippen molar-refractivity contribution in [1.82, 2.24) is 19.9 Å². The predicted molar refractivity (Wildman–Crippen MR) is 88.0 cm³/mol. The molecular formula is C17H24N4O2. The fraction of sp³-hybridized carbons (Fsp3) is 0.588. The Kier molecular flexibility index (Phi) is 5.23. The lowest BCUT2D eigenvalue weighted by Gasteiger charge is -2.35. The summed E-state index contributed by atoms with van der Waals surface area (Å²) in [5, 5.41) is 8.77. The Morgan fingerprint density at radius 1 is 1.26 bits per heavy atom. The summed E-state index contributed by atoms with van der Waals surface area (Å²) in [6, 6.07) is 8.02. The summed E-state index contributed by atoms with van der Waals surface area (Å²) in [7, 11) is 1.72. The molecule has 2 aromatic rings. The largest absolute Gasteiger partial charge is 0.385 e. The second kappa shape index (κ2) is 7.55. The van der Waals surface area contributed by atoms with Gasteiger partial charge in [-0.25, -0.2) is 0 Å². The van der Waals surface area contributed by atoms with Crippen LogP contribution in [0.2, 0.25) is 0 Å². The highest BCUT2D eigenvalue weighted by atomic mass is 16.5. The molecule has 3 rings (SSSR count). The van der Waals surface area contributed by atoms with Gasteiger partial charge in [0.25, 0.3) is 0 Å². The third-order valence-electron chi connectivity index (χ3n) is 4.44. The van der Waals surface area contributed by atoms with Crippen molar-refractivity contribution in [2.75, 3.05) is 20.3 Å². The summed E-state index contributed by atoms with van der Waals surface area (Å²) in [4.78, 5) is 16.2. The molecule has 0 saturated carbocycles. The fourth-order valence-electron chi connectivity index (χ4n) is 3.28. The third kappa shape index (κ3) is 3.88. The van der Waals surface area contributed by atoms with Crippen molar-refractivity contribution in [3.63, 3.8) is 0 Å². The molecular weight excluding hydrogens is 292 g/mol. The molecule has 1 atom stereocenters. The maximum absolute atomic E-state index is 12.7. The topological polar surface area (TPSA) is 60.2 Å². The van der Waals surface area contributed by atoms with Crippen LogP contribution in [0.3, 0.4) is 0 Å². The molecule has 1 fully saturated rings. The first-order valence-electron chi connectivity index (χ1n) is 8.36. The van der Waals surface area contributed by atoms with Crippen LogP contribution in [0.5, 0.6) is 0 Å². The van der Waals surface area contributed by atoms with Gasteiger partial charge < -0.3 is 9.64 Å². The van der Waals surface area contributed by atoms with Gasteiger partial charge in [0.2, 0.25) is 5.91 Å².